The lowest BCUT2D eigenvalue weighted by Gasteiger charge is -2.28. The van der Waals surface area contributed by atoms with E-state index >= 15 is 0 Å². The third kappa shape index (κ3) is 2.86. The quantitative estimate of drug-likeness (QED) is 0.869. The Morgan fingerprint density at radius 3 is 1.78 bits per heavy atom. The minimum atomic E-state index is -0.893. The summed E-state index contributed by atoms with van der Waals surface area (Å²) in [6, 6.07) is 4.24. The van der Waals surface area contributed by atoms with Crippen LogP contribution in [-0.4, -0.2) is 12.2 Å². The van der Waals surface area contributed by atoms with Crippen molar-refractivity contribution >= 4 is 0 Å². The van der Waals surface area contributed by atoms with E-state index in [1.54, 1.807) is 7.11 Å². The van der Waals surface area contributed by atoms with Gasteiger partial charge in [-0.3, -0.25) is 0 Å². The maximum absolute atomic E-state index is 10.5. The number of rotatable bonds is 4. The van der Waals surface area contributed by atoms with E-state index in [0.29, 0.717) is 11.8 Å². The van der Waals surface area contributed by atoms with Crippen molar-refractivity contribution in [3.63, 3.8) is 0 Å². The molecule has 1 aromatic rings. The van der Waals surface area contributed by atoms with Crippen LogP contribution in [0.3, 0.4) is 0 Å². The Bertz CT molecular complexity index is 412. The van der Waals surface area contributed by atoms with Crippen molar-refractivity contribution in [3.05, 3.63) is 28.8 Å². The van der Waals surface area contributed by atoms with Crippen molar-refractivity contribution in [2.75, 3.05) is 7.11 Å². The van der Waals surface area contributed by atoms with E-state index < -0.39 is 5.60 Å². The van der Waals surface area contributed by atoms with E-state index in [1.165, 1.54) is 0 Å². The van der Waals surface area contributed by atoms with Gasteiger partial charge in [0.05, 0.1) is 12.7 Å². The Morgan fingerprint density at radius 1 is 1.00 bits per heavy atom. The summed E-state index contributed by atoms with van der Waals surface area (Å²) in [7, 11) is 1.68. The predicted molar refractivity (Wildman–Crippen MR) is 76.4 cm³/mol. The molecule has 18 heavy (non-hydrogen) atoms. The SMILES string of the molecule is COc1c(C(C)C)ccc(C(C)C)c1C(C)(C)O. The molecule has 0 aromatic heterocycles. The molecule has 2 nitrogen and oxygen atoms in total. The van der Waals surface area contributed by atoms with Gasteiger partial charge in [0, 0.05) is 5.56 Å². The second kappa shape index (κ2) is 5.31. The molecule has 0 bridgehead atoms. The number of methoxy groups -OCH3 is 1. The lowest BCUT2D eigenvalue weighted by atomic mass is 9.83. The smallest absolute Gasteiger partial charge is 0.128 e. The summed E-state index contributed by atoms with van der Waals surface area (Å²) >= 11 is 0. The van der Waals surface area contributed by atoms with Crippen LogP contribution >= 0.6 is 0 Å². The average Bonchev–Trinajstić information content (AvgIpc) is 2.25. The zero-order chi connectivity index (χ0) is 14.1. The van der Waals surface area contributed by atoms with Crippen molar-refractivity contribution in [1.29, 1.82) is 0 Å². The van der Waals surface area contributed by atoms with E-state index in [9.17, 15) is 5.11 Å². The highest BCUT2D eigenvalue weighted by Gasteiger charge is 2.28. The highest BCUT2D eigenvalue weighted by Crippen LogP contribution is 2.40. The van der Waals surface area contributed by atoms with Crippen LogP contribution in [0.4, 0.5) is 0 Å². The van der Waals surface area contributed by atoms with Crippen LogP contribution in [0.1, 0.15) is 70.1 Å². The zero-order valence-electron chi connectivity index (χ0n) is 12.7. The number of aliphatic hydroxyl groups is 1. The summed E-state index contributed by atoms with van der Waals surface area (Å²) in [5, 5.41) is 10.5. The third-order valence-electron chi connectivity index (χ3n) is 3.28. The van der Waals surface area contributed by atoms with Gasteiger partial charge in [-0.25, -0.2) is 0 Å². The van der Waals surface area contributed by atoms with Crippen LogP contribution in [0.15, 0.2) is 12.1 Å². The molecular weight excluding hydrogens is 224 g/mol. The Labute approximate surface area is 111 Å². The van der Waals surface area contributed by atoms with Crippen LogP contribution in [0.25, 0.3) is 0 Å². The topological polar surface area (TPSA) is 29.5 Å². The maximum atomic E-state index is 10.5. The summed E-state index contributed by atoms with van der Waals surface area (Å²) in [6.07, 6.45) is 0. The molecule has 0 amide bonds. The molecular formula is C16H26O2. The first kappa shape index (κ1) is 15.0. The van der Waals surface area contributed by atoms with Crippen molar-refractivity contribution < 1.29 is 9.84 Å². The highest BCUT2D eigenvalue weighted by atomic mass is 16.5. The normalized spacial score (nSPS) is 12.3. The van der Waals surface area contributed by atoms with Gasteiger partial charge < -0.3 is 9.84 Å². The summed E-state index contributed by atoms with van der Waals surface area (Å²) in [6.45, 7) is 12.2. The summed E-state index contributed by atoms with van der Waals surface area (Å²) in [5.74, 6) is 1.58. The molecule has 102 valence electrons. The fourth-order valence-corrected chi connectivity index (χ4v) is 2.40. The molecule has 0 aliphatic rings. The molecule has 0 atom stereocenters. The predicted octanol–water partition coefficient (Wildman–Crippen LogP) is 4.17. The van der Waals surface area contributed by atoms with Crippen LogP contribution in [-0.2, 0) is 5.60 Å². The first-order valence-corrected chi connectivity index (χ1v) is 6.63. The van der Waals surface area contributed by atoms with Gasteiger partial charge in [-0.1, -0.05) is 39.8 Å². The lowest BCUT2D eigenvalue weighted by molar-refractivity contribution is 0.0741. The second-order valence-electron chi connectivity index (χ2n) is 6.02. The van der Waals surface area contributed by atoms with E-state index in [4.69, 9.17) is 4.74 Å². The monoisotopic (exact) mass is 250 g/mol. The second-order valence-corrected chi connectivity index (χ2v) is 6.02. The molecule has 1 rings (SSSR count). The van der Waals surface area contributed by atoms with Gasteiger partial charge in [0.25, 0.3) is 0 Å². The molecule has 0 spiro atoms. The summed E-state index contributed by atoms with van der Waals surface area (Å²) < 4.78 is 5.60. The fraction of sp³-hybridized carbons (Fsp3) is 0.625. The number of hydrogen-bond acceptors (Lipinski definition) is 2. The molecule has 1 N–H and O–H groups in total. The van der Waals surface area contributed by atoms with E-state index in [-0.39, 0.29) is 0 Å². The van der Waals surface area contributed by atoms with Gasteiger partial charge in [-0.2, -0.15) is 0 Å². The molecule has 0 saturated heterocycles. The molecule has 0 unspecified atom stereocenters. The minimum Gasteiger partial charge on any atom is -0.496 e. The lowest BCUT2D eigenvalue weighted by Crippen LogP contribution is -2.21. The van der Waals surface area contributed by atoms with Gasteiger partial charge in [-0.05, 0) is 36.8 Å². The number of ether oxygens (including phenoxy) is 1. The molecule has 0 aliphatic heterocycles. The standard InChI is InChI=1S/C16H26O2/c1-10(2)12-8-9-13(11(3)4)15(18-7)14(12)16(5,6)17/h8-11,17H,1-7H3. The van der Waals surface area contributed by atoms with Gasteiger partial charge in [0.2, 0.25) is 0 Å². The fourth-order valence-electron chi connectivity index (χ4n) is 2.40. The average molecular weight is 250 g/mol. The van der Waals surface area contributed by atoms with E-state index in [0.717, 1.165) is 22.4 Å². The van der Waals surface area contributed by atoms with Crippen LogP contribution in [0, 0.1) is 0 Å². The first-order valence-electron chi connectivity index (χ1n) is 6.63. The minimum absolute atomic E-state index is 0.363. The number of hydrogen-bond donors (Lipinski definition) is 1. The van der Waals surface area contributed by atoms with E-state index in [1.807, 2.05) is 13.8 Å². The van der Waals surface area contributed by atoms with Crippen molar-refractivity contribution in [2.45, 2.75) is 59.0 Å². The van der Waals surface area contributed by atoms with Crippen LogP contribution in [0.5, 0.6) is 5.75 Å². The van der Waals surface area contributed by atoms with Crippen LogP contribution in [0.2, 0.25) is 0 Å². The third-order valence-corrected chi connectivity index (χ3v) is 3.28. The summed E-state index contributed by atoms with van der Waals surface area (Å²) in [5.41, 5.74) is 2.34. The molecule has 0 heterocycles. The van der Waals surface area contributed by atoms with Crippen LogP contribution < -0.4 is 4.74 Å². The van der Waals surface area contributed by atoms with Gasteiger partial charge in [0.1, 0.15) is 5.75 Å². The van der Waals surface area contributed by atoms with Gasteiger partial charge in [-0.15, -0.1) is 0 Å². The Morgan fingerprint density at radius 2 is 1.44 bits per heavy atom. The molecule has 0 fully saturated rings. The first-order chi connectivity index (χ1) is 8.20. The molecule has 2 heteroatoms. The molecule has 1 aromatic carbocycles. The zero-order valence-corrected chi connectivity index (χ0v) is 12.7. The highest BCUT2D eigenvalue weighted by molar-refractivity contribution is 5.51. The van der Waals surface area contributed by atoms with Crippen molar-refractivity contribution in [2.24, 2.45) is 0 Å². The number of benzene rings is 1. The Balaban J connectivity index is 3.62. The molecule has 0 saturated carbocycles. The molecule has 0 radical (unpaired) electrons. The molecule has 0 aliphatic carbocycles. The van der Waals surface area contributed by atoms with Crippen molar-refractivity contribution in [3.8, 4) is 5.75 Å². The van der Waals surface area contributed by atoms with Gasteiger partial charge in [0.15, 0.2) is 0 Å². The Hall–Kier alpha value is -1.02. The largest absolute Gasteiger partial charge is 0.496 e. The van der Waals surface area contributed by atoms with E-state index in [2.05, 4.69) is 39.8 Å². The maximum Gasteiger partial charge on any atom is 0.128 e. The Kier molecular flexibility index (Phi) is 4.44. The summed E-state index contributed by atoms with van der Waals surface area (Å²) in [4.78, 5) is 0. The van der Waals surface area contributed by atoms with Crippen molar-refractivity contribution in [1.82, 2.24) is 0 Å². The van der Waals surface area contributed by atoms with Gasteiger partial charge >= 0.3 is 0 Å².